The molecular weight excluding hydrogens is 285 g/mol. The fraction of sp³-hybridized carbons (Fsp3) is 0.375. The van der Waals surface area contributed by atoms with Gasteiger partial charge in [-0.25, -0.2) is 14.4 Å². The molecule has 1 fully saturated rings. The van der Waals surface area contributed by atoms with Crippen LogP contribution < -0.4 is 5.32 Å². The highest BCUT2D eigenvalue weighted by Gasteiger charge is 2.27. The molecule has 1 aliphatic heterocycles. The van der Waals surface area contributed by atoms with Gasteiger partial charge in [0.05, 0.1) is 31.6 Å². The van der Waals surface area contributed by atoms with Gasteiger partial charge in [-0.3, -0.25) is 0 Å². The summed E-state index contributed by atoms with van der Waals surface area (Å²) in [6.45, 7) is 1.70. The van der Waals surface area contributed by atoms with Crippen LogP contribution in [0.5, 0.6) is 0 Å². The number of halogens is 1. The van der Waals surface area contributed by atoms with Crippen molar-refractivity contribution in [3.05, 3.63) is 54.1 Å². The fourth-order valence-electron chi connectivity index (χ4n) is 2.37. The molecule has 1 saturated heterocycles. The normalized spacial score (nSPS) is 21.5. The molecule has 0 aliphatic carbocycles. The van der Waals surface area contributed by atoms with Crippen LogP contribution in [0.1, 0.15) is 12.0 Å². The summed E-state index contributed by atoms with van der Waals surface area (Å²) in [5.74, 6) is -0.0454. The SMILES string of the molecule is Fc1cnc(N[C@@H]2CCOC[C@H]2OCc2ccccc2)nc1. The van der Waals surface area contributed by atoms with Gasteiger partial charge in [0.2, 0.25) is 5.95 Å². The van der Waals surface area contributed by atoms with Gasteiger partial charge in [0.1, 0.15) is 6.10 Å². The summed E-state index contributed by atoms with van der Waals surface area (Å²) in [7, 11) is 0. The van der Waals surface area contributed by atoms with E-state index in [2.05, 4.69) is 15.3 Å². The Kier molecular flexibility index (Phi) is 4.92. The molecule has 0 amide bonds. The third-order valence-electron chi connectivity index (χ3n) is 3.55. The van der Waals surface area contributed by atoms with Crippen molar-refractivity contribution in [3.63, 3.8) is 0 Å². The molecule has 6 heteroatoms. The summed E-state index contributed by atoms with van der Waals surface area (Å²) in [4.78, 5) is 7.86. The van der Waals surface area contributed by atoms with Crippen LogP contribution in [0.2, 0.25) is 0 Å². The fourth-order valence-corrected chi connectivity index (χ4v) is 2.37. The maximum Gasteiger partial charge on any atom is 0.223 e. The largest absolute Gasteiger partial charge is 0.379 e. The van der Waals surface area contributed by atoms with E-state index in [1.165, 1.54) is 0 Å². The summed E-state index contributed by atoms with van der Waals surface area (Å²) >= 11 is 0. The molecular formula is C16H18FN3O2. The van der Waals surface area contributed by atoms with Gasteiger partial charge in [0.15, 0.2) is 5.82 Å². The molecule has 2 atom stereocenters. The average molecular weight is 303 g/mol. The topological polar surface area (TPSA) is 56.3 Å². The molecule has 3 rings (SSSR count). The highest BCUT2D eigenvalue weighted by molar-refractivity contribution is 5.25. The molecule has 1 aliphatic rings. The lowest BCUT2D eigenvalue weighted by molar-refractivity contribution is -0.0638. The van der Waals surface area contributed by atoms with E-state index in [0.717, 1.165) is 24.4 Å². The average Bonchev–Trinajstić information content (AvgIpc) is 2.57. The number of aromatic nitrogens is 2. The molecule has 2 heterocycles. The smallest absolute Gasteiger partial charge is 0.223 e. The molecule has 1 aromatic carbocycles. The Morgan fingerprint density at radius 2 is 2.00 bits per heavy atom. The minimum Gasteiger partial charge on any atom is -0.379 e. The number of ether oxygens (including phenoxy) is 2. The van der Waals surface area contributed by atoms with Crippen LogP contribution in [-0.2, 0) is 16.1 Å². The number of hydrogen-bond acceptors (Lipinski definition) is 5. The zero-order chi connectivity index (χ0) is 15.2. The van der Waals surface area contributed by atoms with Crippen LogP contribution in [0.4, 0.5) is 10.3 Å². The maximum atomic E-state index is 12.9. The Morgan fingerprint density at radius 3 is 2.77 bits per heavy atom. The molecule has 116 valence electrons. The van der Waals surface area contributed by atoms with Gasteiger partial charge in [-0.05, 0) is 12.0 Å². The third kappa shape index (κ3) is 3.99. The Balaban J connectivity index is 1.59. The van der Waals surface area contributed by atoms with Crippen LogP contribution in [0.25, 0.3) is 0 Å². The maximum absolute atomic E-state index is 12.9. The number of anilines is 1. The van der Waals surface area contributed by atoms with Crippen LogP contribution in [0, 0.1) is 5.82 Å². The van der Waals surface area contributed by atoms with Crippen molar-refractivity contribution in [2.75, 3.05) is 18.5 Å². The molecule has 22 heavy (non-hydrogen) atoms. The van der Waals surface area contributed by atoms with Gasteiger partial charge in [0.25, 0.3) is 0 Å². The van der Waals surface area contributed by atoms with Crippen LogP contribution in [-0.4, -0.2) is 35.3 Å². The first kappa shape index (κ1) is 14.9. The monoisotopic (exact) mass is 303 g/mol. The van der Waals surface area contributed by atoms with Crippen LogP contribution >= 0.6 is 0 Å². The second kappa shape index (κ2) is 7.29. The molecule has 0 unspecified atom stereocenters. The lowest BCUT2D eigenvalue weighted by atomic mass is 10.1. The zero-order valence-corrected chi connectivity index (χ0v) is 12.1. The lowest BCUT2D eigenvalue weighted by Crippen LogP contribution is -2.44. The first-order valence-electron chi connectivity index (χ1n) is 7.28. The van der Waals surface area contributed by atoms with Crippen molar-refractivity contribution < 1.29 is 13.9 Å². The highest BCUT2D eigenvalue weighted by Crippen LogP contribution is 2.17. The van der Waals surface area contributed by atoms with Crippen LogP contribution in [0.3, 0.4) is 0 Å². The van der Waals surface area contributed by atoms with Gasteiger partial charge in [-0.15, -0.1) is 0 Å². The van der Waals surface area contributed by atoms with E-state index in [1.807, 2.05) is 30.3 Å². The summed E-state index contributed by atoms with van der Waals surface area (Å²) in [5, 5.41) is 3.20. The predicted octanol–water partition coefficient (Wildman–Crippen LogP) is 2.40. The van der Waals surface area contributed by atoms with E-state index in [4.69, 9.17) is 9.47 Å². The minimum atomic E-state index is -0.450. The number of rotatable bonds is 5. The van der Waals surface area contributed by atoms with E-state index < -0.39 is 5.82 Å². The summed E-state index contributed by atoms with van der Waals surface area (Å²) in [6.07, 6.45) is 2.99. The molecule has 0 bridgehead atoms. The summed E-state index contributed by atoms with van der Waals surface area (Å²) in [5.41, 5.74) is 1.12. The van der Waals surface area contributed by atoms with E-state index in [-0.39, 0.29) is 12.1 Å². The Labute approximate surface area is 128 Å². The number of benzene rings is 1. The van der Waals surface area contributed by atoms with Gasteiger partial charge >= 0.3 is 0 Å². The lowest BCUT2D eigenvalue weighted by Gasteiger charge is -2.32. The number of nitrogens with zero attached hydrogens (tertiary/aromatic N) is 2. The molecule has 0 radical (unpaired) electrons. The molecule has 1 aromatic heterocycles. The van der Waals surface area contributed by atoms with Crippen molar-refractivity contribution in [1.29, 1.82) is 0 Å². The quantitative estimate of drug-likeness (QED) is 0.919. The van der Waals surface area contributed by atoms with Gasteiger partial charge in [-0.2, -0.15) is 0 Å². The first-order valence-corrected chi connectivity index (χ1v) is 7.28. The van der Waals surface area contributed by atoms with E-state index in [0.29, 0.717) is 25.8 Å². The van der Waals surface area contributed by atoms with Crippen molar-refractivity contribution in [2.24, 2.45) is 0 Å². The van der Waals surface area contributed by atoms with Crippen molar-refractivity contribution in [2.45, 2.75) is 25.2 Å². The van der Waals surface area contributed by atoms with Gasteiger partial charge in [0, 0.05) is 6.61 Å². The molecule has 0 spiro atoms. The van der Waals surface area contributed by atoms with Crippen molar-refractivity contribution in [3.8, 4) is 0 Å². The second-order valence-electron chi connectivity index (χ2n) is 5.17. The standard InChI is InChI=1S/C16H18FN3O2/c17-13-8-18-16(19-9-13)20-14-6-7-21-11-15(14)22-10-12-4-2-1-3-5-12/h1-5,8-9,14-15H,6-7,10-11H2,(H,18,19,20)/t14-,15-/m1/s1. The third-order valence-corrected chi connectivity index (χ3v) is 3.55. The summed E-state index contributed by atoms with van der Waals surface area (Å²) < 4.78 is 24.3. The van der Waals surface area contributed by atoms with Gasteiger partial charge < -0.3 is 14.8 Å². The number of nitrogens with one attached hydrogen (secondary N) is 1. The van der Waals surface area contributed by atoms with E-state index in [9.17, 15) is 4.39 Å². The molecule has 1 N–H and O–H groups in total. The Bertz CT molecular complexity index is 580. The van der Waals surface area contributed by atoms with E-state index >= 15 is 0 Å². The van der Waals surface area contributed by atoms with Crippen LogP contribution in [0.15, 0.2) is 42.7 Å². The van der Waals surface area contributed by atoms with E-state index in [1.54, 1.807) is 0 Å². The number of hydrogen-bond donors (Lipinski definition) is 1. The second-order valence-corrected chi connectivity index (χ2v) is 5.17. The predicted molar refractivity (Wildman–Crippen MR) is 79.9 cm³/mol. The first-order chi connectivity index (χ1) is 10.8. The molecule has 0 saturated carbocycles. The molecule has 2 aromatic rings. The Morgan fingerprint density at radius 1 is 1.23 bits per heavy atom. The Hall–Kier alpha value is -2.05. The van der Waals surface area contributed by atoms with Crippen molar-refractivity contribution in [1.82, 2.24) is 9.97 Å². The molecule has 5 nitrogen and oxygen atoms in total. The zero-order valence-electron chi connectivity index (χ0n) is 12.1. The highest BCUT2D eigenvalue weighted by atomic mass is 19.1. The minimum absolute atomic E-state index is 0.0444. The van der Waals surface area contributed by atoms with Gasteiger partial charge in [-0.1, -0.05) is 30.3 Å². The summed E-state index contributed by atoms with van der Waals surface area (Å²) in [6, 6.07) is 10.0. The van der Waals surface area contributed by atoms with Crippen molar-refractivity contribution >= 4 is 5.95 Å².